The number of sulfonamides is 1. The molecule has 8 nitrogen and oxygen atoms in total. The predicted octanol–water partition coefficient (Wildman–Crippen LogP) is 3.83. The second-order valence-electron chi connectivity index (χ2n) is 7.31. The van der Waals surface area contributed by atoms with Crippen molar-refractivity contribution in [3.63, 3.8) is 0 Å². The van der Waals surface area contributed by atoms with Gasteiger partial charge in [-0.05, 0) is 49.4 Å². The Bertz CT molecular complexity index is 1300. The molecule has 0 aliphatic carbocycles. The summed E-state index contributed by atoms with van der Waals surface area (Å²) < 4.78 is 58.3. The van der Waals surface area contributed by atoms with Gasteiger partial charge in [0.15, 0.2) is 11.5 Å². The number of hydrogen-bond acceptors (Lipinski definition) is 6. The van der Waals surface area contributed by atoms with Crippen LogP contribution in [0.5, 0.6) is 17.2 Å². The highest BCUT2D eigenvalue weighted by molar-refractivity contribution is 7.92. The first kappa shape index (κ1) is 23.4. The molecular weight excluding hydrogens is 463 g/mol. The van der Waals surface area contributed by atoms with Gasteiger partial charge in [0.25, 0.3) is 10.0 Å². The monoisotopic (exact) mass is 486 g/mol. The van der Waals surface area contributed by atoms with Crippen molar-refractivity contribution >= 4 is 27.3 Å². The number of anilines is 2. The Morgan fingerprint density at radius 2 is 1.79 bits per heavy atom. The van der Waals surface area contributed by atoms with Crippen molar-refractivity contribution < 1.29 is 31.8 Å². The van der Waals surface area contributed by atoms with Crippen LogP contribution in [0, 0.1) is 5.82 Å². The van der Waals surface area contributed by atoms with Crippen molar-refractivity contribution in [2.45, 2.75) is 11.8 Å². The van der Waals surface area contributed by atoms with Crippen LogP contribution in [0.3, 0.4) is 0 Å². The third-order valence-corrected chi connectivity index (χ3v) is 6.68. The van der Waals surface area contributed by atoms with Crippen LogP contribution in [0.15, 0.2) is 71.6 Å². The largest absolute Gasteiger partial charge is 0.494 e. The lowest BCUT2D eigenvalue weighted by atomic mass is 10.3. The zero-order chi connectivity index (χ0) is 24.1. The Morgan fingerprint density at radius 3 is 2.56 bits per heavy atom. The number of ether oxygens (including phenoxy) is 3. The van der Waals surface area contributed by atoms with Crippen LogP contribution in [0.4, 0.5) is 15.8 Å². The van der Waals surface area contributed by atoms with Gasteiger partial charge in [0.05, 0.1) is 17.2 Å². The number of carbonyl (C=O) groups excluding carboxylic acids is 1. The number of benzene rings is 3. The molecular formula is C24H23FN2O6S. The summed E-state index contributed by atoms with van der Waals surface area (Å²) in [7, 11) is -4.26. The molecule has 4 rings (SSSR count). The number of nitrogens with zero attached hydrogens (tertiary/aromatic N) is 1. The van der Waals surface area contributed by atoms with Gasteiger partial charge in [-0.2, -0.15) is 0 Å². The number of amides is 1. The minimum absolute atomic E-state index is 0.00751. The summed E-state index contributed by atoms with van der Waals surface area (Å²) in [6, 6.07) is 16.0. The van der Waals surface area contributed by atoms with E-state index >= 15 is 0 Å². The van der Waals surface area contributed by atoms with E-state index in [-0.39, 0.29) is 22.9 Å². The van der Waals surface area contributed by atoms with Crippen molar-refractivity contribution in [1.29, 1.82) is 0 Å². The van der Waals surface area contributed by atoms with Crippen LogP contribution < -0.4 is 23.8 Å². The molecule has 0 radical (unpaired) electrons. The molecule has 1 heterocycles. The predicted molar refractivity (Wildman–Crippen MR) is 125 cm³/mol. The molecule has 3 aromatic carbocycles. The van der Waals surface area contributed by atoms with E-state index in [1.165, 1.54) is 36.4 Å². The number of nitrogens with one attached hydrogen (secondary N) is 1. The van der Waals surface area contributed by atoms with Crippen molar-refractivity contribution in [2.75, 3.05) is 36.0 Å². The number of halogens is 1. The summed E-state index contributed by atoms with van der Waals surface area (Å²) in [4.78, 5) is 12.7. The summed E-state index contributed by atoms with van der Waals surface area (Å²) in [5, 5.41) is 2.67. The third kappa shape index (κ3) is 5.23. The van der Waals surface area contributed by atoms with Gasteiger partial charge in [0.1, 0.15) is 31.3 Å². The minimum Gasteiger partial charge on any atom is -0.494 e. The number of fused-ring (bicyclic) bond motifs is 1. The molecule has 3 aromatic rings. The minimum atomic E-state index is -4.26. The summed E-state index contributed by atoms with van der Waals surface area (Å²) in [6.45, 7) is 2.36. The molecule has 0 fully saturated rings. The van der Waals surface area contributed by atoms with Gasteiger partial charge in [0, 0.05) is 17.8 Å². The van der Waals surface area contributed by atoms with Crippen molar-refractivity contribution in [2.24, 2.45) is 0 Å². The second kappa shape index (κ2) is 10.0. The molecule has 0 spiro atoms. The average molecular weight is 487 g/mol. The topological polar surface area (TPSA) is 94.2 Å². The standard InChI is InChI=1S/C24H23FN2O6S/c1-2-31-20-8-4-6-18(14-20)26-24(28)16-27(19-7-3-5-17(25)13-19)34(29,30)21-9-10-22-23(15-21)33-12-11-32-22/h3-10,13-15H,2,11-12,16H2,1H3,(H,26,28). The Labute approximate surface area is 196 Å². The van der Waals surface area contributed by atoms with E-state index in [1.807, 2.05) is 6.92 Å². The highest BCUT2D eigenvalue weighted by Crippen LogP contribution is 2.34. The van der Waals surface area contributed by atoms with Gasteiger partial charge in [-0.15, -0.1) is 0 Å². The van der Waals surface area contributed by atoms with Crippen LogP contribution in [0.2, 0.25) is 0 Å². The van der Waals surface area contributed by atoms with Crippen molar-refractivity contribution in [3.8, 4) is 17.2 Å². The Hall–Kier alpha value is -3.79. The first-order valence-electron chi connectivity index (χ1n) is 10.6. The normalized spacial score (nSPS) is 12.6. The van der Waals surface area contributed by atoms with Crippen molar-refractivity contribution in [1.82, 2.24) is 0 Å². The van der Waals surface area contributed by atoms with E-state index < -0.39 is 28.3 Å². The molecule has 1 N–H and O–H groups in total. The molecule has 0 saturated carbocycles. The van der Waals surface area contributed by atoms with Gasteiger partial charge in [-0.25, -0.2) is 12.8 Å². The SMILES string of the molecule is CCOc1cccc(NC(=O)CN(c2cccc(F)c2)S(=O)(=O)c2ccc3c(c2)OCCO3)c1. The van der Waals surface area contributed by atoms with Crippen LogP contribution in [0.1, 0.15) is 6.92 Å². The maximum Gasteiger partial charge on any atom is 0.264 e. The van der Waals surface area contributed by atoms with E-state index in [0.717, 1.165) is 10.4 Å². The molecule has 1 aliphatic rings. The van der Waals surface area contributed by atoms with Crippen LogP contribution in [0.25, 0.3) is 0 Å². The molecule has 1 amide bonds. The lowest BCUT2D eigenvalue weighted by Gasteiger charge is -2.25. The fourth-order valence-corrected chi connectivity index (χ4v) is 4.85. The van der Waals surface area contributed by atoms with Crippen LogP contribution in [-0.4, -0.2) is 40.7 Å². The lowest BCUT2D eigenvalue weighted by molar-refractivity contribution is -0.114. The zero-order valence-corrected chi connectivity index (χ0v) is 19.2. The molecule has 0 unspecified atom stereocenters. The second-order valence-corrected chi connectivity index (χ2v) is 9.17. The quantitative estimate of drug-likeness (QED) is 0.520. The number of hydrogen-bond donors (Lipinski definition) is 1. The van der Waals surface area contributed by atoms with Gasteiger partial charge in [-0.1, -0.05) is 12.1 Å². The number of rotatable bonds is 8. The molecule has 0 atom stereocenters. The van der Waals surface area contributed by atoms with Gasteiger partial charge >= 0.3 is 0 Å². The Morgan fingerprint density at radius 1 is 1.03 bits per heavy atom. The molecule has 1 aliphatic heterocycles. The highest BCUT2D eigenvalue weighted by atomic mass is 32.2. The smallest absolute Gasteiger partial charge is 0.264 e. The first-order chi connectivity index (χ1) is 16.4. The van der Waals surface area contributed by atoms with Crippen molar-refractivity contribution in [3.05, 3.63) is 72.5 Å². The third-order valence-electron chi connectivity index (χ3n) is 4.91. The molecule has 34 heavy (non-hydrogen) atoms. The number of carbonyl (C=O) groups is 1. The van der Waals surface area contributed by atoms with Crippen LogP contribution in [-0.2, 0) is 14.8 Å². The summed E-state index contributed by atoms with van der Waals surface area (Å²) in [6.07, 6.45) is 0. The summed E-state index contributed by atoms with van der Waals surface area (Å²) in [5.74, 6) is 0.0213. The fraction of sp³-hybridized carbons (Fsp3) is 0.208. The van der Waals surface area contributed by atoms with Gasteiger partial charge in [-0.3, -0.25) is 9.10 Å². The highest BCUT2D eigenvalue weighted by Gasteiger charge is 2.29. The summed E-state index contributed by atoms with van der Waals surface area (Å²) in [5.41, 5.74) is 0.444. The zero-order valence-electron chi connectivity index (χ0n) is 18.4. The summed E-state index contributed by atoms with van der Waals surface area (Å²) >= 11 is 0. The molecule has 10 heteroatoms. The maximum atomic E-state index is 14.0. The fourth-order valence-electron chi connectivity index (χ4n) is 3.42. The Balaban J connectivity index is 1.64. The molecule has 0 saturated heterocycles. The van der Waals surface area contributed by atoms with E-state index in [4.69, 9.17) is 14.2 Å². The van der Waals surface area contributed by atoms with E-state index in [1.54, 1.807) is 24.3 Å². The average Bonchev–Trinajstić information content (AvgIpc) is 2.82. The van der Waals surface area contributed by atoms with E-state index in [0.29, 0.717) is 30.4 Å². The molecule has 0 aromatic heterocycles. The van der Waals surface area contributed by atoms with Gasteiger partial charge < -0.3 is 19.5 Å². The van der Waals surface area contributed by atoms with E-state index in [2.05, 4.69) is 5.32 Å². The van der Waals surface area contributed by atoms with E-state index in [9.17, 15) is 17.6 Å². The first-order valence-corrected chi connectivity index (χ1v) is 12.0. The Kier molecular flexibility index (Phi) is 6.87. The van der Waals surface area contributed by atoms with Crippen LogP contribution >= 0.6 is 0 Å². The maximum absolute atomic E-state index is 14.0. The van der Waals surface area contributed by atoms with Gasteiger partial charge in [0.2, 0.25) is 5.91 Å². The lowest BCUT2D eigenvalue weighted by Crippen LogP contribution is -2.38. The molecule has 0 bridgehead atoms. The molecule has 178 valence electrons.